The van der Waals surface area contributed by atoms with Gasteiger partial charge in [-0.1, -0.05) is 18.2 Å². The topological polar surface area (TPSA) is 54.4 Å². The fourth-order valence-electron chi connectivity index (χ4n) is 0.592. The molecule has 0 fully saturated rings. The summed E-state index contributed by atoms with van der Waals surface area (Å²) in [6, 6.07) is 7.42. The predicted molar refractivity (Wildman–Crippen MR) is 46.2 cm³/mol. The normalized spacial score (nSPS) is 9.00. The quantitative estimate of drug-likeness (QED) is 0.349. The van der Waals surface area contributed by atoms with Crippen molar-refractivity contribution in [2.24, 2.45) is 0 Å². The van der Waals surface area contributed by atoms with Crippen LogP contribution in [0, 0.1) is 6.58 Å². The Morgan fingerprint density at radius 3 is 1.77 bits per heavy atom. The van der Waals surface area contributed by atoms with E-state index in [-0.39, 0.29) is 34.5 Å². The van der Waals surface area contributed by atoms with E-state index in [9.17, 15) is 8.42 Å². The third kappa shape index (κ3) is 6.01. The summed E-state index contributed by atoms with van der Waals surface area (Å²) in [5.41, 5.74) is 0. The number of hydrogen-bond acceptors (Lipinski definition) is 2. The Labute approximate surface area is 101 Å². The molecule has 1 aromatic carbocycles. The van der Waals surface area contributed by atoms with Crippen molar-refractivity contribution in [3.8, 4) is 0 Å². The van der Waals surface area contributed by atoms with Crippen LogP contribution in [0.5, 0.6) is 0 Å². The second-order valence-corrected chi connectivity index (χ2v) is 3.21. The van der Waals surface area contributed by atoms with E-state index in [1.54, 1.807) is 18.2 Å². The summed E-state index contributed by atoms with van der Waals surface area (Å²) in [6.07, 6.45) is 0. The fourth-order valence-corrected chi connectivity index (χ4v) is 1.09. The zero-order chi connectivity index (χ0) is 9.61. The summed E-state index contributed by atoms with van der Waals surface area (Å²) in [6.45, 7) is 7.00. The molecule has 1 N–H and O–H groups in total. The van der Waals surface area contributed by atoms with E-state index in [4.69, 9.17) is 4.55 Å². The summed E-state index contributed by atoms with van der Waals surface area (Å²) in [5, 5.41) is 0. The van der Waals surface area contributed by atoms with Crippen LogP contribution in [0.1, 0.15) is 0 Å². The molecule has 0 saturated carbocycles. The van der Waals surface area contributed by atoms with Crippen LogP contribution in [0.25, 0.3) is 0 Å². The summed E-state index contributed by atoms with van der Waals surface area (Å²) < 4.78 is 29.2. The molecule has 1 aromatic rings. The monoisotopic (exact) mass is 208 g/mol. The number of rotatable bonds is 1. The van der Waals surface area contributed by atoms with Crippen LogP contribution < -0.4 is 29.6 Å². The molecule has 0 bridgehead atoms. The molecule has 3 nitrogen and oxygen atoms in total. The van der Waals surface area contributed by atoms with Crippen molar-refractivity contribution >= 4 is 10.1 Å². The van der Waals surface area contributed by atoms with Crippen molar-refractivity contribution in [1.82, 2.24) is 0 Å². The Bertz CT molecular complexity index is 321. The van der Waals surface area contributed by atoms with Crippen molar-refractivity contribution in [3.05, 3.63) is 43.5 Å². The minimum atomic E-state index is -4.00. The van der Waals surface area contributed by atoms with Gasteiger partial charge in [0, 0.05) is 0 Å². The first-order chi connectivity index (χ1) is 5.61. The first-order valence-electron chi connectivity index (χ1n) is 3.04. The van der Waals surface area contributed by atoms with E-state index in [1.165, 1.54) is 12.1 Å². The van der Waals surface area contributed by atoms with Crippen molar-refractivity contribution in [3.63, 3.8) is 0 Å². The van der Waals surface area contributed by atoms with Crippen LogP contribution in [0.4, 0.5) is 0 Å². The van der Waals surface area contributed by atoms with Gasteiger partial charge in [-0.3, -0.25) is 11.1 Å². The van der Waals surface area contributed by atoms with E-state index in [2.05, 4.69) is 13.2 Å². The van der Waals surface area contributed by atoms with Gasteiger partial charge in [0.25, 0.3) is 10.1 Å². The zero-order valence-corrected chi connectivity index (χ0v) is 10.2. The van der Waals surface area contributed by atoms with Gasteiger partial charge in [-0.15, -0.1) is 0 Å². The van der Waals surface area contributed by atoms with Crippen LogP contribution in [0.2, 0.25) is 0 Å². The van der Waals surface area contributed by atoms with Crippen LogP contribution in [0.3, 0.4) is 0 Å². The summed E-state index contributed by atoms with van der Waals surface area (Å²) in [5.74, 6) is 0. The zero-order valence-electron chi connectivity index (χ0n) is 7.34. The molecule has 0 aliphatic heterocycles. The van der Waals surface area contributed by atoms with Gasteiger partial charge in [0.2, 0.25) is 0 Å². The maximum absolute atomic E-state index is 10.4. The summed E-state index contributed by atoms with van der Waals surface area (Å²) in [4.78, 5) is -0.0741. The Hall–Kier alpha value is -0.130. The molecular weight excluding hydrogens is 199 g/mol. The summed E-state index contributed by atoms with van der Waals surface area (Å²) >= 11 is 0. The maximum Gasteiger partial charge on any atom is 1.00 e. The molecule has 0 amide bonds. The first-order valence-corrected chi connectivity index (χ1v) is 4.48. The largest absolute Gasteiger partial charge is 1.00 e. The second-order valence-electron chi connectivity index (χ2n) is 1.79. The average Bonchev–Trinajstić information content (AvgIpc) is 2.08. The Morgan fingerprint density at radius 1 is 1.15 bits per heavy atom. The minimum Gasteiger partial charge on any atom is -0.521 e. The Morgan fingerprint density at radius 2 is 1.54 bits per heavy atom. The van der Waals surface area contributed by atoms with Crippen molar-refractivity contribution in [1.29, 1.82) is 0 Å². The van der Waals surface area contributed by atoms with Crippen LogP contribution >= 0.6 is 0 Å². The standard InChI is InChI=1S/C6H6O3S.C2H3.Na/c7-10(8,9)6-4-2-1-3-5-6;1-2;/h1-5H,(H,7,8,9);1H,2H2;/q;-1;+1. The first kappa shape index (κ1) is 15.3. The number of hydrogen-bond donors (Lipinski definition) is 1. The van der Waals surface area contributed by atoms with E-state index >= 15 is 0 Å². The Kier molecular flexibility index (Phi) is 8.61. The fraction of sp³-hybridized carbons (Fsp3) is 0. The second kappa shape index (κ2) is 7.29. The van der Waals surface area contributed by atoms with E-state index in [0.29, 0.717) is 0 Å². The Balaban J connectivity index is 0. The predicted octanol–water partition coefficient (Wildman–Crippen LogP) is -1.46. The smallest absolute Gasteiger partial charge is 0.521 e. The van der Waals surface area contributed by atoms with E-state index in [0.717, 1.165) is 0 Å². The van der Waals surface area contributed by atoms with Crippen molar-refractivity contribution < 1.29 is 42.5 Å². The maximum atomic E-state index is 10.4. The van der Waals surface area contributed by atoms with Gasteiger partial charge in [0.1, 0.15) is 0 Å². The van der Waals surface area contributed by atoms with Gasteiger partial charge in [-0.05, 0) is 12.1 Å². The molecule has 66 valence electrons. The van der Waals surface area contributed by atoms with Crippen LogP contribution in [0.15, 0.2) is 41.8 Å². The molecule has 5 heteroatoms. The molecule has 0 spiro atoms. The van der Waals surface area contributed by atoms with Crippen molar-refractivity contribution in [2.75, 3.05) is 0 Å². The molecule has 0 heterocycles. The van der Waals surface area contributed by atoms with Gasteiger partial charge >= 0.3 is 29.6 Å². The van der Waals surface area contributed by atoms with Crippen LogP contribution in [-0.4, -0.2) is 13.0 Å². The van der Waals surface area contributed by atoms with Gasteiger partial charge in [-0.2, -0.15) is 8.42 Å². The molecule has 0 aliphatic carbocycles. The van der Waals surface area contributed by atoms with Gasteiger partial charge in [0.15, 0.2) is 0 Å². The van der Waals surface area contributed by atoms with E-state index < -0.39 is 10.1 Å². The third-order valence-electron chi connectivity index (χ3n) is 1.04. The van der Waals surface area contributed by atoms with E-state index in [1.807, 2.05) is 0 Å². The van der Waals surface area contributed by atoms with Gasteiger partial charge < -0.3 is 6.58 Å². The third-order valence-corrected chi connectivity index (χ3v) is 1.91. The molecular formula is C8H9NaO3S. The molecule has 0 aliphatic rings. The van der Waals surface area contributed by atoms with Gasteiger partial charge in [-0.25, -0.2) is 0 Å². The molecule has 0 atom stereocenters. The molecule has 1 rings (SSSR count). The molecule has 0 aromatic heterocycles. The number of benzene rings is 1. The summed E-state index contributed by atoms with van der Waals surface area (Å²) in [7, 11) is -4.00. The minimum absolute atomic E-state index is 0. The van der Waals surface area contributed by atoms with Crippen LogP contribution in [-0.2, 0) is 10.1 Å². The molecule has 0 unspecified atom stereocenters. The molecule has 0 radical (unpaired) electrons. The SMILES string of the molecule is O=S(=O)(O)c1ccccc1.[CH-]=C.[Na+]. The van der Waals surface area contributed by atoms with Crippen molar-refractivity contribution in [2.45, 2.75) is 4.90 Å². The molecule has 13 heavy (non-hydrogen) atoms. The van der Waals surface area contributed by atoms with Gasteiger partial charge in [0.05, 0.1) is 4.90 Å². The molecule has 0 saturated heterocycles. The average molecular weight is 208 g/mol.